The molecule has 20 heavy (non-hydrogen) atoms. The summed E-state index contributed by atoms with van der Waals surface area (Å²) in [5.74, 6) is 0.317. The molecular weight excluding hydrogens is 252 g/mol. The van der Waals surface area contributed by atoms with E-state index in [1.165, 1.54) is 17.5 Å². The molecule has 0 radical (unpaired) electrons. The van der Waals surface area contributed by atoms with Crippen LogP contribution in [-0.2, 0) is 12.8 Å². The Morgan fingerprint density at radius 3 is 2.70 bits per heavy atom. The zero-order chi connectivity index (χ0) is 14.4. The van der Waals surface area contributed by atoms with Crippen LogP contribution < -0.4 is 16.2 Å². The summed E-state index contributed by atoms with van der Waals surface area (Å²) in [4.78, 5) is 11.6. The molecule has 4 heteroatoms. The van der Waals surface area contributed by atoms with Crippen LogP contribution >= 0.6 is 0 Å². The molecule has 1 aromatic carbocycles. The molecule has 110 valence electrons. The molecule has 0 spiro atoms. The molecule has 0 heterocycles. The number of carbonyl (C=O) groups is 1. The zero-order valence-electron chi connectivity index (χ0n) is 12.0. The third kappa shape index (κ3) is 3.51. The number of aryl methyl sites for hydroxylation is 1. The van der Waals surface area contributed by atoms with E-state index >= 15 is 0 Å². The second-order valence-corrected chi connectivity index (χ2v) is 5.35. The van der Waals surface area contributed by atoms with Crippen LogP contribution in [0.4, 0.5) is 0 Å². The van der Waals surface area contributed by atoms with Crippen LogP contribution in [0.25, 0.3) is 0 Å². The lowest BCUT2D eigenvalue weighted by molar-refractivity contribution is 0.0996. The highest BCUT2D eigenvalue weighted by Crippen LogP contribution is 2.33. The van der Waals surface area contributed by atoms with Crippen LogP contribution in [0.3, 0.4) is 0 Å². The minimum Gasteiger partial charge on any atom is -0.492 e. The third-order valence-corrected chi connectivity index (χ3v) is 3.84. The number of benzene rings is 1. The van der Waals surface area contributed by atoms with E-state index < -0.39 is 5.91 Å². The summed E-state index contributed by atoms with van der Waals surface area (Å²) in [6.07, 6.45) is 7.43. The van der Waals surface area contributed by atoms with Gasteiger partial charge >= 0.3 is 0 Å². The average Bonchev–Trinajstić information content (AvgIpc) is 2.46. The van der Waals surface area contributed by atoms with E-state index in [-0.39, 0.29) is 0 Å². The van der Waals surface area contributed by atoms with Crippen molar-refractivity contribution < 1.29 is 9.53 Å². The highest BCUT2D eigenvalue weighted by atomic mass is 16.5. The van der Waals surface area contributed by atoms with Crippen molar-refractivity contribution >= 4 is 5.91 Å². The number of ether oxygens (including phenoxy) is 1. The quantitative estimate of drug-likeness (QED) is 0.749. The summed E-state index contributed by atoms with van der Waals surface area (Å²) in [7, 11) is 0. The zero-order valence-corrected chi connectivity index (χ0v) is 12.0. The number of hydrogen-bond donors (Lipinski definition) is 2. The van der Waals surface area contributed by atoms with E-state index in [2.05, 4.69) is 0 Å². The molecular formula is C16H24N2O2. The lowest BCUT2D eigenvalue weighted by atomic mass is 9.89. The lowest BCUT2D eigenvalue weighted by Gasteiger charge is -2.21. The Labute approximate surface area is 120 Å². The molecule has 1 aromatic rings. The highest BCUT2D eigenvalue weighted by Gasteiger charge is 2.20. The molecule has 1 aliphatic rings. The van der Waals surface area contributed by atoms with Crippen molar-refractivity contribution in [2.24, 2.45) is 11.5 Å². The van der Waals surface area contributed by atoms with Gasteiger partial charge in [-0.05, 0) is 68.7 Å². The van der Waals surface area contributed by atoms with Crippen molar-refractivity contribution in [3.05, 3.63) is 28.8 Å². The first-order chi connectivity index (χ1) is 9.74. The maximum atomic E-state index is 11.6. The molecule has 0 bridgehead atoms. The fourth-order valence-corrected chi connectivity index (χ4v) is 2.75. The largest absolute Gasteiger partial charge is 0.492 e. The summed E-state index contributed by atoms with van der Waals surface area (Å²) in [5, 5.41) is 0. The first-order valence-electron chi connectivity index (χ1n) is 7.51. The second-order valence-electron chi connectivity index (χ2n) is 5.35. The monoisotopic (exact) mass is 276 g/mol. The third-order valence-electron chi connectivity index (χ3n) is 3.84. The maximum Gasteiger partial charge on any atom is 0.252 e. The minimum atomic E-state index is -0.407. The van der Waals surface area contributed by atoms with E-state index in [4.69, 9.17) is 16.2 Å². The van der Waals surface area contributed by atoms with Crippen molar-refractivity contribution in [2.75, 3.05) is 13.2 Å². The van der Waals surface area contributed by atoms with Gasteiger partial charge in [0, 0.05) is 0 Å². The van der Waals surface area contributed by atoms with Gasteiger partial charge in [0.1, 0.15) is 5.75 Å². The summed E-state index contributed by atoms with van der Waals surface area (Å²) < 4.78 is 5.90. The van der Waals surface area contributed by atoms with Crippen LogP contribution in [0.15, 0.2) is 12.1 Å². The standard InChI is InChI=1S/C16H24N2O2/c17-10-4-1-5-11-20-15-13-7-3-2-6-12(13)8-9-14(15)16(18)19/h8-9H,1-7,10-11,17H2,(H2,18,19). The van der Waals surface area contributed by atoms with Crippen molar-refractivity contribution in [3.63, 3.8) is 0 Å². The first-order valence-corrected chi connectivity index (χ1v) is 7.51. The van der Waals surface area contributed by atoms with E-state index in [9.17, 15) is 4.79 Å². The Balaban J connectivity index is 2.13. The first kappa shape index (κ1) is 14.9. The molecule has 0 saturated carbocycles. The average molecular weight is 276 g/mol. The maximum absolute atomic E-state index is 11.6. The Morgan fingerprint density at radius 1 is 1.15 bits per heavy atom. The Morgan fingerprint density at radius 2 is 1.95 bits per heavy atom. The van der Waals surface area contributed by atoms with Gasteiger partial charge in [-0.1, -0.05) is 6.07 Å². The highest BCUT2D eigenvalue weighted by molar-refractivity contribution is 5.96. The molecule has 0 saturated heterocycles. The van der Waals surface area contributed by atoms with E-state index in [0.29, 0.717) is 18.7 Å². The number of unbranched alkanes of at least 4 members (excludes halogenated alkanes) is 2. The number of nitrogens with two attached hydrogens (primary N) is 2. The van der Waals surface area contributed by atoms with Gasteiger partial charge in [-0.3, -0.25) is 4.79 Å². The van der Waals surface area contributed by atoms with E-state index in [1.807, 2.05) is 12.1 Å². The van der Waals surface area contributed by atoms with Gasteiger partial charge in [0.25, 0.3) is 5.91 Å². The molecule has 0 aliphatic heterocycles. The van der Waals surface area contributed by atoms with Crippen LogP contribution in [0, 0.1) is 0 Å². The summed E-state index contributed by atoms with van der Waals surface area (Å²) in [6.45, 7) is 1.34. The molecule has 2 rings (SSSR count). The number of amides is 1. The summed E-state index contributed by atoms with van der Waals surface area (Å²) in [5.41, 5.74) is 13.9. The van der Waals surface area contributed by atoms with Crippen LogP contribution in [0.5, 0.6) is 5.75 Å². The predicted molar refractivity (Wildman–Crippen MR) is 80.0 cm³/mol. The summed E-state index contributed by atoms with van der Waals surface area (Å²) in [6, 6.07) is 3.83. The summed E-state index contributed by atoms with van der Waals surface area (Å²) >= 11 is 0. The van der Waals surface area contributed by atoms with Gasteiger partial charge in [-0.2, -0.15) is 0 Å². The topological polar surface area (TPSA) is 78.3 Å². The number of rotatable bonds is 7. The second kappa shape index (κ2) is 7.29. The van der Waals surface area contributed by atoms with E-state index in [1.54, 1.807) is 0 Å². The number of primary amides is 1. The van der Waals surface area contributed by atoms with Gasteiger partial charge in [-0.15, -0.1) is 0 Å². The minimum absolute atomic E-state index is 0.407. The van der Waals surface area contributed by atoms with Crippen LogP contribution in [0.2, 0.25) is 0 Å². The molecule has 4 nitrogen and oxygen atoms in total. The fraction of sp³-hybridized carbons (Fsp3) is 0.562. The van der Waals surface area contributed by atoms with Crippen molar-refractivity contribution in [2.45, 2.75) is 44.9 Å². The molecule has 1 amide bonds. The number of fused-ring (bicyclic) bond motifs is 1. The van der Waals surface area contributed by atoms with Gasteiger partial charge in [0.05, 0.1) is 12.2 Å². The Hall–Kier alpha value is -1.55. The Bertz CT molecular complexity index is 472. The van der Waals surface area contributed by atoms with Crippen LogP contribution in [-0.4, -0.2) is 19.1 Å². The lowest BCUT2D eigenvalue weighted by Crippen LogP contribution is -2.17. The number of carbonyl (C=O) groups excluding carboxylic acids is 1. The van der Waals surface area contributed by atoms with Crippen LogP contribution in [0.1, 0.15) is 53.6 Å². The number of hydrogen-bond acceptors (Lipinski definition) is 3. The smallest absolute Gasteiger partial charge is 0.252 e. The molecule has 1 aliphatic carbocycles. The molecule has 0 atom stereocenters. The Kier molecular flexibility index (Phi) is 5.41. The molecule has 0 aromatic heterocycles. The molecule has 0 unspecified atom stereocenters. The van der Waals surface area contributed by atoms with Crippen molar-refractivity contribution in [1.29, 1.82) is 0 Å². The molecule has 4 N–H and O–H groups in total. The van der Waals surface area contributed by atoms with Gasteiger partial charge < -0.3 is 16.2 Å². The normalized spacial score (nSPS) is 13.8. The van der Waals surface area contributed by atoms with Gasteiger partial charge in [-0.25, -0.2) is 0 Å². The van der Waals surface area contributed by atoms with Gasteiger partial charge in [0.15, 0.2) is 0 Å². The van der Waals surface area contributed by atoms with E-state index in [0.717, 1.165) is 44.3 Å². The molecule has 0 fully saturated rings. The fourth-order valence-electron chi connectivity index (χ4n) is 2.75. The SMILES string of the molecule is NCCCCCOc1c(C(N)=O)ccc2c1CCCC2. The predicted octanol–water partition coefficient (Wildman–Crippen LogP) is 2.17. The van der Waals surface area contributed by atoms with Crippen molar-refractivity contribution in [1.82, 2.24) is 0 Å². The van der Waals surface area contributed by atoms with Gasteiger partial charge in [0.2, 0.25) is 0 Å². The van der Waals surface area contributed by atoms with Crippen molar-refractivity contribution in [3.8, 4) is 5.75 Å².